The Morgan fingerprint density at radius 1 is 1.48 bits per heavy atom. The maximum Gasteiger partial charge on any atom is 0.328 e. The first-order chi connectivity index (χ1) is 10.0. The Labute approximate surface area is 125 Å². The van der Waals surface area contributed by atoms with Crippen molar-refractivity contribution in [1.29, 1.82) is 0 Å². The van der Waals surface area contributed by atoms with Crippen LogP contribution >= 0.6 is 11.3 Å². The average molecular weight is 311 g/mol. The van der Waals surface area contributed by atoms with E-state index in [0.29, 0.717) is 6.54 Å². The Hall–Kier alpha value is -2.09. The largest absolute Gasteiger partial charge is 0.480 e. The Kier molecular flexibility index (Phi) is 4.79. The van der Waals surface area contributed by atoms with E-state index in [2.05, 4.69) is 17.6 Å². The molecule has 1 aromatic heterocycles. The normalized spacial score (nSPS) is 18.2. The molecule has 0 aromatic carbocycles. The fourth-order valence-corrected chi connectivity index (χ4v) is 2.94. The molecule has 1 atom stereocenters. The molecule has 1 unspecified atom stereocenters. The van der Waals surface area contributed by atoms with E-state index in [-0.39, 0.29) is 19.0 Å². The molecule has 8 heteroatoms. The third-order valence-electron chi connectivity index (χ3n) is 3.21. The molecule has 1 aromatic rings. The third kappa shape index (κ3) is 3.72. The summed E-state index contributed by atoms with van der Waals surface area (Å²) in [5.41, 5.74) is 0. The van der Waals surface area contributed by atoms with Crippen molar-refractivity contribution < 1.29 is 19.5 Å². The molecule has 7 nitrogen and oxygen atoms in total. The fourth-order valence-electron chi connectivity index (χ4n) is 2.05. The van der Waals surface area contributed by atoms with Gasteiger partial charge in [0, 0.05) is 16.3 Å². The van der Waals surface area contributed by atoms with Gasteiger partial charge in [-0.25, -0.2) is 9.59 Å². The molecule has 0 spiro atoms. The lowest BCUT2D eigenvalue weighted by atomic mass is 10.2. The van der Waals surface area contributed by atoms with E-state index in [0.717, 1.165) is 16.2 Å². The number of aryl methyl sites for hydroxylation is 1. The standard InChI is InChI=1S/C13H17N3O4S/c1-2-8-3-4-9(21-8)5-15-13(20)16-7-11(17)14-6-10(16)12(18)19/h3-4,10H,2,5-7H2,1H3,(H,14,17)(H,15,20)(H,18,19). The van der Waals surface area contributed by atoms with Crippen LogP contribution in [0.2, 0.25) is 0 Å². The molecule has 2 rings (SSSR count). The van der Waals surface area contributed by atoms with Gasteiger partial charge in [0.1, 0.15) is 12.6 Å². The smallest absolute Gasteiger partial charge is 0.328 e. The van der Waals surface area contributed by atoms with Gasteiger partial charge in [-0.2, -0.15) is 0 Å². The molecule has 1 aliphatic rings. The van der Waals surface area contributed by atoms with Gasteiger partial charge in [-0.3, -0.25) is 9.69 Å². The minimum absolute atomic E-state index is 0.0689. The van der Waals surface area contributed by atoms with Gasteiger partial charge in [-0.1, -0.05) is 6.92 Å². The van der Waals surface area contributed by atoms with Gasteiger partial charge in [-0.15, -0.1) is 11.3 Å². The van der Waals surface area contributed by atoms with Crippen LogP contribution in [0.3, 0.4) is 0 Å². The van der Waals surface area contributed by atoms with Crippen LogP contribution in [0.1, 0.15) is 16.7 Å². The van der Waals surface area contributed by atoms with Crippen molar-refractivity contribution in [3.05, 3.63) is 21.9 Å². The molecular weight excluding hydrogens is 294 g/mol. The summed E-state index contributed by atoms with van der Waals surface area (Å²) >= 11 is 1.60. The molecule has 0 bridgehead atoms. The fraction of sp³-hybridized carbons (Fsp3) is 0.462. The van der Waals surface area contributed by atoms with Crippen molar-refractivity contribution in [2.45, 2.75) is 25.9 Å². The number of carboxylic acid groups (broad SMARTS) is 1. The van der Waals surface area contributed by atoms with Crippen LogP contribution in [0, 0.1) is 0 Å². The average Bonchev–Trinajstić information content (AvgIpc) is 2.92. The first kappa shape index (κ1) is 15.3. The Bertz CT molecular complexity index is 557. The molecule has 3 N–H and O–H groups in total. The summed E-state index contributed by atoms with van der Waals surface area (Å²) in [6.07, 6.45) is 0.937. The van der Waals surface area contributed by atoms with Crippen LogP contribution < -0.4 is 10.6 Å². The molecule has 114 valence electrons. The number of nitrogens with zero attached hydrogens (tertiary/aromatic N) is 1. The van der Waals surface area contributed by atoms with Gasteiger partial charge >= 0.3 is 12.0 Å². The summed E-state index contributed by atoms with van der Waals surface area (Å²) in [6, 6.07) is 2.36. The van der Waals surface area contributed by atoms with Crippen LogP contribution in [0.25, 0.3) is 0 Å². The molecule has 0 saturated carbocycles. The highest BCUT2D eigenvalue weighted by Crippen LogP contribution is 2.16. The number of thiophene rings is 1. The SMILES string of the molecule is CCc1ccc(CNC(=O)N2CC(=O)NCC2C(=O)O)s1. The highest BCUT2D eigenvalue weighted by Gasteiger charge is 2.35. The van der Waals surface area contributed by atoms with E-state index in [1.807, 2.05) is 12.1 Å². The van der Waals surface area contributed by atoms with Gasteiger partial charge in [-0.05, 0) is 18.6 Å². The number of urea groups is 1. The van der Waals surface area contributed by atoms with E-state index in [4.69, 9.17) is 5.11 Å². The quantitative estimate of drug-likeness (QED) is 0.750. The van der Waals surface area contributed by atoms with Crippen LogP contribution in [0.5, 0.6) is 0 Å². The monoisotopic (exact) mass is 311 g/mol. The van der Waals surface area contributed by atoms with Gasteiger partial charge in [0.05, 0.1) is 6.54 Å². The summed E-state index contributed by atoms with van der Waals surface area (Å²) in [6.45, 7) is 2.07. The molecule has 0 radical (unpaired) electrons. The Morgan fingerprint density at radius 2 is 2.19 bits per heavy atom. The second kappa shape index (κ2) is 6.57. The zero-order valence-electron chi connectivity index (χ0n) is 11.6. The number of carboxylic acids is 1. The summed E-state index contributed by atoms with van der Waals surface area (Å²) in [4.78, 5) is 37.8. The Balaban J connectivity index is 1.96. The predicted octanol–water partition coefficient (Wildman–Crippen LogP) is 0.405. The second-order valence-corrected chi connectivity index (χ2v) is 5.92. The lowest BCUT2D eigenvalue weighted by molar-refractivity contribution is -0.144. The zero-order valence-corrected chi connectivity index (χ0v) is 12.4. The molecule has 21 heavy (non-hydrogen) atoms. The first-order valence-electron chi connectivity index (χ1n) is 6.62. The van der Waals surface area contributed by atoms with E-state index in [1.54, 1.807) is 11.3 Å². The minimum atomic E-state index is -1.13. The van der Waals surface area contributed by atoms with Crippen molar-refractivity contribution in [2.24, 2.45) is 0 Å². The zero-order chi connectivity index (χ0) is 15.4. The van der Waals surface area contributed by atoms with E-state index in [1.165, 1.54) is 4.88 Å². The van der Waals surface area contributed by atoms with Crippen molar-refractivity contribution in [2.75, 3.05) is 13.1 Å². The second-order valence-electron chi connectivity index (χ2n) is 4.67. The van der Waals surface area contributed by atoms with Crippen LogP contribution in [0.4, 0.5) is 4.79 Å². The number of amides is 3. The summed E-state index contributed by atoms with van der Waals surface area (Å²) in [7, 11) is 0. The number of piperazine rings is 1. The molecule has 0 aliphatic carbocycles. The van der Waals surface area contributed by atoms with E-state index >= 15 is 0 Å². The maximum absolute atomic E-state index is 12.1. The van der Waals surface area contributed by atoms with Crippen molar-refractivity contribution in [3.63, 3.8) is 0 Å². The number of carbonyl (C=O) groups excluding carboxylic acids is 2. The predicted molar refractivity (Wildman–Crippen MR) is 77.1 cm³/mol. The van der Waals surface area contributed by atoms with E-state index < -0.39 is 18.0 Å². The van der Waals surface area contributed by atoms with Crippen LogP contribution in [0.15, 0.2) is 12.1 Å². The number of nitrogens with one attached hydrogen (secondary N) is 2. The van der Waals surface area contributed by atoms with Gasteiger partial charge in [0.25, 0.3) is 0 Å². The lowest BCUT2D eigenvalue weighted by Crippen LogP contribution is -2.61. The minimum Gasteiger partial charge on any atom is -0.480 e. The summed E-state index contributed by atoms with van der Waals surface area (Å²) < 4.78 is 0. The van der Waals surface area contributed by atoms with Gasteiger partial charge in [0.2, 0.25) is 5.91 Å². The van der Waals surface area contributed by atoms with Crippen LogP contribution in [-0.4, -0.2) is 47.0 Å². The van der Waals surface area contributed by atoms with Gasteiger partial charge in [0.15, 0.2) is 0 Å². The molecule has 1 aliphatic heterocycles. The molecule has 1 saturated heterocycles. The van der Waals surface area contributed by atoms with Crippen molar-refractivity contribution >= 4 is 29.2 Å². The first-order valence-corrected chi connectivity index (χ1v) is 7.44. The lowest BCUT2D eigenvalue weighted by Gasteiger charge is -2.32. The van der Waals surface area contributed by atoms with Gasteiger partial charge < -0.3 is 15.7 Å². The third-order valence-corrected chi connectivity index (χ3v) is 4.44. The topological polar surface area (TPSA) is 98.7 Å². The number of rotatable bonds is 4. The highest BCUT2D eigenvalue weighted by molar-refractivity contribution is 7.11. The Morgan fingerprint density at radius 3 is 2.81 bits per heavy atom. The summed E-state index contributed by atoms with van der Waals surface area (Å²) in [5.74, 6) is -1.48. The molecule has 3 amide bonds. The molecule has 2 heterocycles. The van der Waals surface area contributed by atoms with E-state index in [9.17, 15) is 14.4 Å². The highest BCUT2D eigenvalue weighted by atomic mass is 32.1. The number of aliphatic carboxylic acids is 1. The molecular formula is C13H17N3O4S. The number of carbonyl (C=O) groups is 3. The number of hydrogen-bond donors (Lipinski definition) is 3. The summed E-state index contributed by atoms with van der Waals surface area (Å²) in [5, 5.41) is 14.2. The van der Waals surface area contributed by atoms with Crippen molar-refractivity contribution in [3.8, 4) is 0 Å². The van der Waals surface area contributed by atoms with Crippen LogP contribution in [-0.2, 0) is 22.6 Å². The molecule has 1 fully saturated rings. The van der Waals surface area contributed by atoms with Crippen molar-refractivity contribution in [1.82, 2.24) is 15.5 Å². The maximum atomic E-state index is 12.1. The number of hydrogen-bond acceptors (Lipinski definition) is 4.